The summed E-state index contributed by atoms with van der Waals surface area (Å²) in [6, 6.07) is 8.66. The molecule has 0 amide bonds. The number of nitrogens with one attached hydrogen (secondary N) is 1. The van der Waals surface area contributed by atoms with Crippen LogP contribution >= 0.6 is 0 Å². The van der Waals surface area contributed by atoms with Gasteiger partial charge >= 0.3 is 6.36 Å². The van der Waals surface area contributed by atoms with E-state index in [0.717, 1.165) is 25.9 Å². The Kier molecular flexibility index (Phi) is 5.30. The zero-order valence-corrected chi connectivity index (χ0v) is 15.5. The second-order valence-corrected chi connectivity index (χ2v) is 7.53. The number of benzene rings is 1. The molecule has 2 saturated heterocycles. The van der Waals surface area contributed by atoms with Gasteiger partial charge in [0, 0.05) is 36.2 Å². The highest BCUT2D eigenvalue weighted by Gasteiger charge is 2.54. The van der Waals surface area contributed by atoms with Crippen molar-refractivity contribution in [2.75, 3.05) is 19.6 Å². The van der Waals surface area contributed by atoms with Crippen LogP contribution in [0.3, 0.4) is 0 Å². The maximum atomic E-state index is 13.7. The van der Waals surface area contributed by atoms with Gasteiger partial charge in [-0.3, -0.25) is 14.6 Å². The first-order valence-electron chi connectivity index (χ1n) is 9.66. The average Bonchev–Trinajstić information content (AvgIpc) is 2.67. The Morgan fingerprint density at radius 2 is 1.89 bits per heavy atom. The molecular formula is C20H24F3N3O2. The first kappa shape index (κ1) is 19.6. The van der Waals surface area contributed by atoms with E-state index in [2.05, 4.69) is 10.3 Å². The number of alkyl halides is 3. The molecule has 0 saturated carbocycles. The Morgan fingerprint density at radius 1 is 1.14 bits per heavy atom. The molecule has 2 atom stereocenters. The molecule has 0 spiro atoms. The van der Waals surface area contributed by atoms with Crippen LogP contribution in [-0.4, -0.2) is 53.1 Å². The summed E-state index contributed by atoms with van der Waals surface area (Å²) in [6.45, 7) is 1.85. The smallest absolute Gasteiger partial charge is 0.393 e. The number of ether oxygens (including phenoxy) is 1. The standard InChI is InChI=1S/C20H24F3N3O2/c21-20(22,23)28-19(17-7-11-25-18-4-2-1-3-16(17)18)13-15(27)8-12-26(19)14-5-9-24-10-6-14/h1-4,7,11,14-15,24,27H,5-6,8-10,12-13H2. The predicted molar refractivity (Wildman–Crippen MR) is 98.4 cm³/mol. The number of aliphatic hydroxyl groups is 1. The number of hydrogen-bond donors (Lipinski definition) is 2. The van der Waals surface area contributed by atoms with Gasteiger partial charge in [0.25, 0.3) is 0 Å². The molecule has 28 heavy (non-hydrogen) atoms. The summed E-state index contributed by atoms with van der Waals surface area (Å²) in [6.07, 6.45) is -2.43. The van der Waals surface area contributed by atoms with Crippen LogP contribution in [0.25, 0.3) is 10.9 Å². The van der Waals surface area contributed by atoms with E-state index in [1.807, 2.05) is 4.90 Å². The third-order valence-electron chi connectivity index (χ3n) is 5.78. The monoisotopic (exact) mass is 395 g/mol. The molecule has 1 aromatic carbocycles. The second kappa shape index (κ2) is 7.59. The molecular weight excluding hydrogens is 371 g/mol. The molecule has 2 unspecified atom stereocenters. The van der Waals surface area contributed by atoms with E-state index in [4.69, 9.17) is 4.74 Å². The van der Waals surface area contributed by atoms with Gasteiger partial charge in [0.1, 0.15) is 0 Å². The summed E-state index contributed by atoms with van der Waals surface area (Å²) in [5.74, 6) is 0. The van der Waals surface area contributed by atoms with Crippen LogP contribution < -0.4 is 5.32 Å². The number of piperidine rings is 2. The number of fused-ring (bicyclic) bond motifs is 1. The van der Waals surface area contributed by atoms with Gasteiger partial charge in [-0.15, -0.1) is 13.2 Å². The van der Waals surface area contributed by atoms with Crippen LogP contribution in [0.4, 0.5) is 13.2 Å². The Balaban J connectivity index is 1.90. The minimum atomic E-state index is -4.84. The number of rotatable bonds is 3. The SMILES string of the molecule is OC1CCN(C2CCNCC2)C(OC(F)(F)F)(c2ccnc3ccccc23)C1. The molecule has 0 bridgehead atoms. The van der Waals surface area contributed by atoms with E-state index in [9.17, 15) is 18.3 Å². The maximum Gasteiger partial charge on any atom is 0.524 e. The number of hydrogen-bond acceptors (Lipinski definition) is 5. The number of para-hydroxylation sites is 1. The third kappa shape index (κ3) is 3.74. The Hall–Kier alpha value is -1.74. The summed E-state index contributed by atoms with van der Waals surface area (Å²) in [5, 5.41) is 14.3. The van der Waals surface area contributed by atoms with E-state index >= 15 is 0 Å². The van der Waals surface area contributed by atoms with Crippen LogP contribution in [0, 0.1) is 0 Å². The lowest BCUT2D eigenvalue weighted by Gasteiger charge is -2.52. The highest BCUT2D eigenvalue weighted by atomic mass is 19.4. The van der Waals surface area contributed by atoms with E-state index in [-0.39, 0.29) is 12.5 Å². The molecule has 152 valence electrons. The van der Waals surface area contributed by atoms with Crippen LogP contribution in [0.5, 0.6) is 0 Å². The molecule has 1 aromatic heterocycles. The molecule has 2 aromatic rings. The number of aromatic nitrogens is 1. The van der Waals surface area contributed by atoms with Crippen molar-refractivity contribution >= 4 is 10.9 Å². The molecule has 0 aliphatic carbocycles. The summed E-state index contributed by atoms with van der Waals surface area (Å²) in [5.41, 5.74) is -0.760. The van der Waals surface area contributed by atoms with Gasteiger partial charge in [0.05, 0.1) is 11.6 Å². The number of pyridine rings is 1. The summed E-state index contributed by atoms with van der Waals surface area (Å²) in [4.78, 5) is 6.12. The van der Waals surface area contributed by atoms with E-state index in [1.165, 1.54) is 6.20 Å². The summed E-state index contributed by atoms with van der Waals surface area (Å²) in [7, 11) is 0. The highest BCUT2D eigenvalue weighted by molar-refractivity contribution is 5.82. The fraction of sp³-hybridized carbons (Fsp3) is 0.550. The van der Waals surface area contributed by atoms with Gasteiger partial charge in [-0.2, -0.15) is 0 Å². The topological polar surface area (TPSA) is 57.6 Å². The first-order valence-corrected chi connectivity index (χ1v) is 9.66. The maximum absolute atomic E-state index is 13.7. The van der Waals surface area contributed by atoms with Crippen molar-refractivity contribution in [3.8, 4) is 0 Å². The zero-order chi connectivity index (χ0) is 19.8. The van der Waals surface area contributed by atoms with E-state index in [0.29, 0.717) is 29.4 Å². The highest BCUT2D eigenvalue weighted by Crippen LogP contribution is 2.47. The Bertz CT molecular complexity index is 820. The number of aliphatic hydroxyl groups excluding tert-OH is 1. The molecule has 5 nitrogen and oxygen atoms in total. The van der Waals surface area contributed by atoms with Gasteiger partial charge in [0.2, 0.25) is 0 Å². The molecule has 2 fully saturated rings. The third-order valence-corrected chi connectivity index (χ3v) is 5.78. The fourth-order valence-electron chi connectivity index (χ4n) is 4.65. The fourth-order valence-corrected chi connectivity index (χ4v) is 4.65. The largest absolute Gasteiger partial charge is 0.524 e. The molecule has 3 heterocycles. The van der Waals surface area contributed by atoms with Gasteiger partial charge in [-0.25, -0.2) is 0 Å². The van der Waals surface area contributed by atoms with Crippen molar-refractivity contribution in [1.82, 2.24) is 15.2 Å². The molecule has 0 radical (unpaired) electrons. The van der Waals surface area contributed by atoms with E-state index in [1.54, 1.807) is 30.3 Å². The van der Waals surface area contributed by atoms with Gasteiger partial charge < -0.3 is 10.4 Å². The second-order valence-electron chi connectivity index (χ2n) is 7.53. The summed E-state index contributed by atoms with van der Waals surface area (Å²) >= 11 is 0. The quantitative estimate of drug-likeness (QED) is 0.836. The Labute approximate surface area is 161 Å². The van der Waals surface area contributed by atoms with Crippen molar-refractivity contribution in [3.05, 3.63) is 42.1 Å². The number of nitrogens with zero attached hydrogens (tertiary/aromatic N) is 2. The van der Waals surface area contributed by atoms with Gasteiger partial charge in [-0.05, 0) is 44.5 Å². The van der Waals surface area contributed by atoms with Gasteiger partial charge in [-0.1, -0.05) is 18.2 Å². The molecule has 4 rings (SSSR count). The minimum Gasteiger partial charge on any atom is -0.393 e. The van der Waals surface area contributed by atoms with Crippen LogP contribution in [0.2, 0.25) is 0 Å². The number of halogens is 3. The van der Waals surface area contributed by atoms with E-state index < -0.39 is 18.2 Å². The lowest BCUT2D eigenvalue weighted by Crippen LogP contribution is -2.61. The lowest BCUT2D eigenvalue weighted by atomic mass is 9.84. The van der Waals surface area contributed by atoms with Crippen molar-refractivity contribution in [1.29, 1.82) is 0 Å². The van der Waals surface area contributed by atoms with Gasteiger partial charge in [0.15, 0.2) is 5.72 Å². The zero-order valence-electron chi connectivity index (χ0n) is 15.5. The summed E-state index contributed by atoms with van der Waals surface area (Å²) < 4.78 is 46.0. The average molecular weight is 395 g/mol. The van der Waals surface area contributed by atoms with Crippen LogP contribution in [0.15, 0.2) is 36.5 Å². The molecule has 2 aliphatic heterocycles. The van der Waals surface area contributed by atoms with Crippen molar-refractivity contribution in [2.24, 2.45) is 0 Å². The predicted octanol–water partition coefficient (Wildman–Crippen LogP) is 3.13. The molecule has 2 N–H and O–H groups in total. The van der Waals surface area contributed by atoms with Crippen molar-refractivity contribution in [3.63, 3.8) is 0 Å². The van der Waals surface area contributed by atoms with Crippen molar-refractivity contribution in [2.45, 2.75) is 49.9 Å². The Morgan fingerprint density at radius 3 is 2.64 bits per heavy atom. The van der Waals surface area contributed by atoms with Crippen LogP contribution in [-0.2, 0) is 10.5 Å². The lowest BCUT2D eigenvalue weighted by molar-refractivity contribution is -0.408. The van der Waals surface area contributed by atoms with Crippen molar-refractivity contribution < 1.29 is 23.0 Å². The molecule has 8 heteroatoms. The van der Waals surface area contributed by atoms with Crippen LogP contribution in [0.1, 0.15) is 31.2 Å². The normalized spacial score (nSPS) is 27.9. The first-order chi connectivity index (χ1) is 13.4. The molecule has 2 aliphatic rings. The minimum absolute atomic E-state index is 0.0528. The number of likely N-dealkylation sites (tertiary alicyclic amines) is 1.